The fourth-order valence-corrected chi connectivity index (χ4v) is 3.42. The zero-order valence-corrected chi connectivity index (χ0v) is 13.6. The van der Waals surface area contributed by atoms with Crippen molar-refractivity contribution in [1.82, 2.24) is 9.29 Å². The molecule has 1 amide bonds. The molecule has 0 saturated heterocycles. The molecule has 0 bridgehead atoms. The number of aromatic nitrogens is 1. The number of primary amides is 1. The Kier molecular flexibility index (Phi) is 4.98. The van der Waals surface area contributed by atoms with Crippen LogP contribution in [0.1, 0.15) is 11.6 Å². The van der Waals surface area contributed by atoms with E-state index in [2.05, 4.69) is 4.98 Å². The van der Waals surface area contributed by atoms with E-state index in [0.29, 0.717) is 0 Å². The van der Waals surface area contributed by atoms with Gasteiger partial charge < -0.3 is 5.73 Å². The van der Waals surface area contributed by atoms with Crippen LogP contribution in [0.5, 0.6) is 0 Å². The van der Waals surface area contributed by atoms with Crippen molar-refractivity contribution in [3.63, 3.8) is 0 Å². The Bertz CT molecular complexity index is 827. The Balaban J connectivity index is 2.47. The van der Waals surface area contributed by atoms with E-state index < -0.39 is 27.8 Å². The molecular formula is C14H13ClFN3O3S. The first-order valence-corrected chi connectivity index (χ1v) is 8.19. The lowest BCUT2D eigenvalue weighted by atomic mass is 10.1. The van der Waals surface area contributed by atoms with Crippen molar-refractivity contribution < 1.29 is 17.6 Å². The smallest absolute Gasteiger partial charge is 0.245 e. The van der Waals surface area contributed by atoms with Crippen LogP contribution in [0.25, 0.3) is 0 Å². The number of benzene rings is 1. The molecule has 23 heavy (non-hydrogen) atoms. The van der Waals surface area contributed by atoms with Crippen LogP contribution >= 0.6 is 11.6 Å². The van der Waals surface area contributed by atoms with E-state index in [0.717, 1.165) is 16.6 Å². The summed E-state index contributed by atoms with van der Waals surface area (Å²) in [5.41, 5.74) is 5.44. The third-order valence-corrected chi connectivity index (χ3v) is 5.20. The minimum Gasteiger partial charge on any atom is -0.368 e. The molecule has 1 aromatic carbocycles. The van der Waals surface area contributed by atoms with Gasteiger partial charge in [-0.3, -0.25) is 4.79 Å². The Morgan fingerprint density at radius 2 is 2.04 bits per heavy atom. The lowest BCUT2D eigenvalue weighted by Gasteiger charge is -2.25. The summed E-state index contributed by atoms with van der Waals surface area (Å²) >= 11 is 5.63. The number of pyridine rings is 1. The summed E-state index contributed by atoms with van der Waals surface area (Å²) in [5.74, 6) is -1.53. The number of nitrogens with two attached hydrogens (primary N) is 1. The summed E-state index contributed by atoms with van der Waals surface area (Å²) in [5, 5.41) is 0.128. The molecule has 0 aliphatic carbocycles. The van der Waals surface area contributed by atoms with Crippen LogP contribution in [0, 0.1) is 5.82 Å². The van der Waals surface area contributed by atoms with Gasteiger partial charge in [0.2, 0.25) is 15.9 Å². The van der Waals surface area contributed by atoms with Crippen LogP contribution in [0.3, 0.4) is 0 Å². The summed E-state index contributed by atoms with van der Waals surface area (Å²) in [4.78, 5) is 15.3. The van der Waals surface area contributed by atoms with Gasteiger partial charge in [-0.05, 0) is 29.8 Å². The van der Waals surface area contributed by atoms with E-state index >= 15 is 0 Å². The molecule has 0 fully saturated rings. The summed E-state index contributed by atoms with van der Waals surface area (Å²) in [6.45, 7) is 0. The monoisotopic (exact) mass is 357 g/mol. The first-order valence-electron chi connectivity index (χ1n) is 6.38. The molecule has 1 aromatic heterocycles. The van der Waals surface area contributed by atoms with Crippen molar-refractivity contribution in [2.24, 2.45) is 5.73 Å². The van der Waals surface area contributed by atoms with Crippen molar-refractivity contribution in [3.05, 3.63) is 59.1 Å². The molecule has 0 aliphatic rings. The predicted octanol–water partition coefficient (Wildman–Crippen LogP) is 1.72. The molecule has 1 unspecified atom stereocenters. The van der Waals surface area contributed by atoms with E-state index in [1.54, 1.807) is 0 Å². The number of rotatable bonds is 5. The quantitative estimate of drug-likeness (QED) is 0.824. The number of carbonyl (C=O) groups excluding carboxylic acids is 1. The molecule has 122 valence electrons. The van der Waals surface area contributed by atoms with Crippen LogP contribution in [0.4, 0.5) is 4.39 Å². The molecule has 0 saturated carbocycles. The van der Waals surface area contributed by atoms with Gasteiger partial charge in [-0.15, -0.1) is 0 Å². The van der Waals surface area contributed by atoms with Crippen molar-refractivity contribution in [1.29, 1.82) is 0 Å². The zero-order chi connectivity index (χ0) is 17.2. The fraction of sp³-hybridized carbons (Fsp3) is 0.143. The lowest BCUT2D eigenvalue weighted by Crippen LogP contribution is -2.39. The van der Waals surface area contributed by atoms with Crippen molar-refractivity contribution in [2.45, 2.75) is 10.9 Å². The molecule has 0 aliphatic heterocycles. The molecule has 0 radical (unpaired) electrons. The largest absolute Gasteiger partial charge is 0.368 e. The van der Waals surface area contributed by atoms with Gasteiger partial charge in [-0.2, -0.15) is 4.31 Å². The third-order valence-electron chi connectivity index (χ3n) is 3.17. The molecule has 6 nitrogen and oxygen atoms in total. The SMILES string of the molecule is CN(C(C(N)=O)c1cccc(F)c1)S(=O)(=O)c1ccc(Cl)nc1. The molecule has 1 heterocycles. The second-order valence-electron chi connectivity index (χ2n) is 4.70. The van der Waals surface area contributed by atoms with E-state index in [1.807, 2.05) is 0 Å². The average Bonchev–Trinajstić information content (AvgIpc) is 2.47. The maximum atomic E-state index is 13.4. The maximum Gasteiger partial charge on any atom is 0.245 e. The second kappa shape index (κ2) is 6.61. The number of carbonyl (C=O) groups is 1. The van der Waals surface area contributed by atoms with Crippen LogP contribution in [0.15, 0.2) is 47.5 Å². The van der Waals surface area contributed by atoms with Crippen LogP contribution < -0.4 is 5.73 Å². The van der Waals surface area contributed by atoms with Gasteiger partial charge >= 0.3 is 0 Å². The van der Waals surface area contributed by atoms with Gasteiger partial charge in [0.15, 0.2) is 0 Å². The average molecular weight is 358 g/mol. The molecule has 2 aromatic rings. The maximum absolute atomic E-state index is 13.4. The highest BCUT2D eigenvalue weighted by Gasteiger charge is 2.33. The summed E-state index contributed by atoms with van der Waals surface area (Å²) in [6.07, 6.45) is 1.07. The number of amides is 1. The molecular weight excluding hydrogens is 345 g/mol. The fourth-order valence-electron chi connectivity index (χ4n) is 2.05. The van der Waals surface area contributed by atoms with E-state index in [9.17, 15) is 17.6 Å². The van der Waals surface area contributed by atoms with E-state index in [4.69, 9.17) is 17.3 Å². The number of sulfonamides is 1. The predicted molar refractivity (Wildman–Crippen MR) is 82.5 cm³/mol. The zero-order valence-electron chi connectivity index (χ0n) is 12.0. The van der Waals surface area contributed by atoms with Gasteiger partial charge in [-0.1, -0.05) is 23.7 Å². The first kappa shape index (κ1) is 17.3. The molecule has 1 atom stereocenters. The molecule has 2 N–H and O–H groups in total. The van der Waals surface area contributed by atoms with E-state index in [-0.39, 0.29) is 15.6 Å². The highest BCUT2D eigenvalue weighted by atomic mass is 35.5. The Morgan fingerprint density at radius 1 is 1.35 bits per heavy atom. The minimum atomic E-state index is -4.07. The van der Waals surface area contributed by atoms with Crippen molar-refractivity contribution >= 4 is 27.5 Å². The minimum absolute atomic E-state index is 0.128. The summed E-state index contributed by atoms with van der Waals surface area (Å²) in [6, 6.07) is 6.23. The number of halogens is 2. The Hall–Kier alpha value is -2.03. The summed E-state index contributed by atoms with van der Waals surface area (Å²) < 4.78 is 39.3. The Morgan fingerprint density at radius 3 is 2.57 bits per heavy atom. The van der Waals surface area contributed by atoms with Gasteiger partial charge in [0.05, 0.1) is 0 Å². The number of nitrogens with zero attached hydrogens (tertiary/aromatic N) is 2. The number of likely N-dealkylation sites (N-methyl/N-ethyl adjacent to an activating group) is 1. The summed E-state index contributed by atoms with van der Waals surface area (Å²) in [7, 11) is -2.89. The van der Waals surface area contributed by atoms with Crippen molar-refractivity contribution in [3.8, 4) is 0 Å². The molecule has 9 heteroatoms. The second-order valence-corrected chi connectivity index (χ2v) is 7.08. The van der Waals surface area contributed by atoms with Gasteiger partial charge in [-0.25, -0.2) is 17.8 Å². The third kappa shape index (κ3) is 3.66. The van der Waals surface area contributed by atoms with Crippen LogP contribution in [0.2, 0.25) is 5.15 Å². The Labute approximate surface area is 137 Å². The highest BCUT2D eigenvalue weighted by molar-refractivity contribution is 7.89. The van der Waals surface area contributed by atoms with Gasteiger partial charge in [0.25, 0.3) is 0 Å². The highest BCUT2D eigenvalue weighted by Crippen LogP contribution is 2.26. The van der Waals surface area contributed by atoms with Gasteiger partial charge in [0, 0.05) is 13.2 Å². The normalized spacial score (nSPS) is 13.0. The molecule has 2 rings (SSSR count). The van der Waals surface area contributed by atoms with Crippen LogP contribution in [-0.2, 0) is 14.8 Å². The number of hydrogen-bond acceptors (Lipinski definition) is 4. The van der Waals surface area contributed by atoms with E-state index in [1.165, 1.54) is 37.4 Å². The van der Waals surface area contributed by atoms with Crippen LogP contribution in [-0.4, -0.2) is 30.7 Å². The lowest BCUT2D eigenvalue weighted by molar-refractivity contribution is -0.121. The molecule has 0 spiro atoms. The standard InChI is InChI=1S/C14H13ClFN3O3S/c1-19(23(21,22)11-5-6-12(15)18-8-11)13(14(17)20)9-3-2-4-10(16)7-9/h2-8,13H,1H3,(H2,17,20). The number of hydrogen-bond donors (Lipinski definition) is 1. The first-order chi connectivity index (χ1) is 10.7. The van der Waals surface area contributed by atoms with Gasteiger partial charge in [0.1, 0.15) is 21.9 Å². The van der Waals surface area contributed by atoms with Crippen molar-refractivity contribution in [2.75, 3.05) is 7.05 Å². The topological polar surface area (TPSA) is 93.4 Å².